The van der Waals surface area contributed by atoms with Crippen molar-refractivity contribution in [1.82, 2.24) is 0 Å². The van der Waals surface area contributed by atoms with E-state index in [9.17, 15) is 4.79 Å². The Labute approximate surface area is 127 Å². The Balaban J connectivity index is 2.41. The van der Waals surface area contributed by atoms with Crippen LogP contribution >= 0.6 is 0 Å². The highest BCUT2D eigenvalue weighted by Gasteiger charge is 2.69. The number of nitrogens with zero attached hydrogens (tertiary/aromatic N) is 1. The van der Waals surface area contributed by atoms with Gasteiger partial charge in [0.05, 0.1) is 19.8 Å². The molecule has 1 unspecified atom stereocenters. The molecular weight excluding hydrogens is 266 g/mol. The van der Waals surface area contributed by atoms with Crippen LogP contribution < -0.4 is 9.64 Å². The van der Waals surface area contributed by atoms with Crippen molar-refractivity contribution in [3.63, 3.8) is 0 Å². The summed E-state index contributed by atoms with van der Waals surface area (Å²) in [5.74, 6) is 1.36. The van der Waals surface area contributed by atoms with Crippen LogP contribution in [0.3, 0.4) is 0 Å². The smallest absolute Gasteiger partial charge is 0.331 e. The second-order valence-corrected chi connectivity index (χ2v) is 6.19. The van der Waals surface area contributed by atoms with Gasteiger partial charge < -0.3 is 14.4 Å². The summed E-state index contributed by atoms with van der Waals surface area (Å²) in [5.41, 5.74) is 0.857. The van der Waals surface area contributed by atoms with Crippen molar-refractivity contribution in [1.29, 1.82) is 0 Å². The van der Waals surface area contributed by atoms with Crippen molar-refractivity contribution >= 4 is 11.7 Å². The number of carbonyl (C=O) groups excluding carboxylic acids is 1. The molecule has 0 bridgehead atoms. The molecule has 1 atom stereocenters. The Bertz CT molecular complexity index is 499. The molecule has 1 fully saturated rings. The Morgan fingerprint density at radius 3 is 2.00 bits per heavy atom. The van der Waals surface area contributed by atoms with Gasteiger partial charge in [-0.3, -0.25) is 0 Å². The average molecular weight is 291 g/mol. The first-order valence-electron chi connectivity index (χ1n) is 7.42. The number of rotatable bonds is 5. The van der Waals surface area contributed by atoms with Gasteiger partial charge in [-0.2, -0.15) is 0 Å². The Kier molecular flexibility index (Phi) is 4.17. The van der Waals surface area contributed by atoms with Crippen molar-refractivity contribution in [3.8, 4) is 5.75 Å². The van der Waals surface area contributed by atoms with Gasteiger partial charge in [0, 0.05) is 5.69 Å². The summed E-state index contributed by atoms with van der Waals surface area (Å²) in [6, 6.07) is 7.64. The van der Waals surface area contributed by atoms with Crippen LogP contribution in [-0.2, 0) is 9.53 Å². The molecule has 4 nitrogen and oxygen atoms in total. The first kappa shape index (κ1) is 15.7. The number of esters is 1. The maximum Gasteiger partial charge on any atom is 0.331 e. The van der Waals surface area contributed by atoms with Gasteiger partial charge in [0.1, 0.15) is 5.75 Å². The van der Waals surface area contributed by atoms with E-state index in [1.807, 2.05) is 24.3 Å². The van der Waals surface area contributed by atoms with Gasteiger partial charge in [-0.15, -0.1) is 0 Å². The molecule has 0 aromatic heterocycles. The SMILES string of the molecule is COC(=O)C1N(c2ccc(OC)cc2)C1(C(C)C)C(C)C. The number of carbonyl (C=O) groups is 1. The summed E-state index contributed by atoms with van der Waals surface area (Å²) in [7, 11) is 3.11. The molecule has 1 aromatic carbocycles. The van der Waals surface area contributed by atoms with Crippen molar-refractivity contribution in [2.75, 3.05) is 19.1 Å². The van der Waals surface area contributed by atoms with Gasteiger partial charge in [-0.1, -0.05) is 27.7 Å². The van der Waals surface area contributed by atoms with Crippen LogP contribution in [0.1, 0.15) is 27.7 Å². The van der Waals surface area contributed by atoms with Gasteiger partial charge in [-0.05, 0) is 36.1 Å². The molecule has 0 radical (unpaired) electrons. The summed E-state index contributed by atoms with van der Waals surface area (Å²) in [6.45, 7) is 8.66. The van der Waals surface area contributed by atoms with E-state index in [-0.39, 0.29) is 17.6 Å². The zero-order chi connectivity index (χ0) is 15.8. The summed E-state index contributed by atoms with van der Waals surface area (Å²) in [4.78, 5) is 14.4. The van der Waals surface area contributed by atoms with Gasteiger partial charge in [0.15, 0.2) is 6.04 Å². The fourth-order valence-corrected chi connectivity index (χ4v) is 3.70. The van der Waals surface area contributed by atoms with Crippen LogP contribution in [0, 0.1) is 11.8 Å². The van der Waals surface area contributed by atoms with E-state index in [2.05, 4.69) is 32.6 Å². The molecule has 0 aliphatic carbocycles. The van der Waals surface area contributed by atoms with Crippen molar-refractivity contribution in [2.45, 2.75) is 39.3 Å². The van der Waals surface area contributed by atoms with E-state index in [4.69, 9.17) is 9.47 Å². The molecule has 21 heavy (non-hydrogen) atoms. The van der Waals surface area contributed by atoms with Gasteiger partial charge in [0.25, 0.3) is 0 Å². The summed E-state index contributed by atoms with van der Waals surface area (Å²) in [6.07, 6.45) is 0. The van der Waals surface area contributed by atoms with Gasteiger partial charge in [0.2, 0.25) is 0 Å². The molecule has 0 N–H and O–H groups in total. The fraction of sp³-hybridized carbons (Fsp3) is 0.588. The number of methoxy groups -OCH3 is 2. The van der Waals surface area contributed by atoms with Gasteiger partial charge in [-0.25, -0.2) is 4.79 Å². The molecule has 0 amide bonds. The van der Waals surface area contributed by atoms with E-state index >= 15 is 0 Å². The number of hydrogen-bond acceptors (Lipinski definition) is 4. The molecule has 0 saturated carbocycles. The predicted molar refractivity (Wildman–Crippen MR) is 83.7 cm³/mol. The largest absolute Gasteiger partial charge is 0.497 e. The van der Waals surface area contributed by atoms with Crippen LogP contribution in [-0.4, -0.2) is 31.8 Å². The zero-order valence-corrected chi connectivity index (χ0v) is 13.7. The zero-order valence-electron chi connectivity index (χ0n) is 13.7. The molecule has 1 aliphatic heterocycles. The minimum atomic E-state index is -0.212. The lowest BCUT2D eigenvalue weighted by molar-refractivity contribution is -0.140. The second kappa shape index (κ2) is 5.58. The van der Waals surface area contributed by atoms with E-state index in [0.29, 0.717) is 11.8 Å². The number of ether oxygens (including phenoxy) is 2. The van der Waals surface area contributed by atoms with Crippen LogP contribution in [0.25, 0.3) is 0 Å². The van der Waals surface area contributed by atoms with Crippen LogP contribution in [0.4, 0.5) is 5.69 Å². The topological polar surface area (TPSA) is 38.5 Å². The minimum Gasteiger partial charge on any atom is -0.497 e. The highest BCUT2D eigenvalue weighted by atomic mass is 16.5. The molecular formula is C17H25NO3. The Morgan fingerprint density at radius 2 is 1.62 bits per heavy atom. The summed E-state index contributed by atoms with van der Waals surface area (Å²) < 4.78 is 10.2. The third-order valence-corrected chi connectivity index (χ3v) is 4.67. The molecule has 1 aromatic rings. The highest BCUT2D eigenvalue weighted by Crippen LogP contribution is 2.55. The molecule has 4 heteroatoms. The van der Waals surface area contributed by atoms with E-state index in [1.165, 1.54) is 7.11 Å². The molecule has 2 rings (SSSR count). The standard InChI is InChI=1S/C17H25NO3/c1-11(2)17(12(3)4)15(16(19)21-6)18(17)13-7-9-14(20-5)10-8-13/h7-12,15H,1-6H3. The molecule has 1 aliphatic rings. The van der Waals surface area contributed by atoms with E-state index in [1.54, 1.807) is 7.11 Å². The molecule has 0 spiro atoms. The van der Waals surface area contributed by atoms with Crippen LogP contribution in [0.2, 0.25) is 0 Å². The lowest BCUT2D eigenvalue weighted by Gasteiger charge is -2.26. The van der Waals surface area contributed by atoms with Crippen molar-refractivity contribution in [2.24, 2.45) is 11.8 Å². The second-order valence-electron chi connectivity index (χ2n) is 6.19. The fourth-order valence-electron chi connectivity index (χ4n) is 3.70. The van der Waals surface area contributed by atoms with Gasteiger partial charge >= 0.3 is 5.97 Å². The monoisotopic (exact) mass is 291 g/mol. The lowest BCUT2D eigenvalue weighted by atomic mass is 9.81. The Hall–Kier alpha value is -1.71. The minimum absolute atomic E-state index is 0.159. The maximum atomic E-state index is 12.2. The average Bonchev–Trinajstić information content (AvgIpc) is 3.18. The third-order valence-electron chi connectivity index (χ3n) is 4.67. The molecule has 116 valence electrons. The van der Waals surface area contributed by atoms with E-state index in [0.717, 1.165) is 11.4 Å². The first-order chi connectivity index (χ1) is 9.91. The summed E-state index contributed by atoms with van der Waals surface area (Å²) >= 11 is 0. The van der Waals surface area contributed by atoms with E-state index < -0.39 is 0 Å². The number of hydrogen-bond donors (Lipinski definition) is 0. The quantitative estimate of drug-likeness (QED) is 0.617. The predicted octanol–water partition coefficient (Wildman–Crippen LogP) is 3.11. The molecule has 1 saturated heterocycles. The maximum absolute atomic E-state index is 12.2. The Morgan fingerprint density at radius 1 is 1.10 bits per heavy atom. The normalized spacial score (nSPS) is 19.8. The number of benzene rings is 1. The first-order valence-corrected chi connectivity index (χ1v) is 7.42. The lowest BCUT2D eigenvalue weighted by Crippen LogP contribution is -2.34. The summed E-state index contributed by atoms with van der Waals surface area (Å²) in [5, 5.41) is 0. The van der Waals surface area contributed by atoms with Crippen molar-refractivity contribution in [3.05, 3.63) is 24.3 Å². The molecule has 1 heterocycles. The third kappa shape index (κ3) is 2.27. The van der Waals surface area contributed by atoms with Crippen LogP contribution in [0.5, 0.6) is 5.75 Å². The number of anilines is 1. The van der Waals surface area contributed by atoms with Crippen molar-refractivity contribution < 1.29 is 14.3 Å². The van der Waals surface area contributed by atoms with Crippen LogP contribution in [0.15, 0.2) is 24.3 Å². The highest BCUT2D eigenvalue weighted by molar-refractivity contribution is 5.91.